The van der Waals surface area contributed by atoms with Crippen LogP contribution in [0.4, 0.5) is 0 Å². The maximum atomic E-state index is 12.2. The predicted molar refractivity (Wildman–Crippen MR) is 85.5 cm³/mol. The summed E-state index contributed by atoms with van der Waals surface area (Å²) in [7, 11) is -3.36. The van der Waals surface area contributed by atoms with E-state index in [9.17, 15) is 8.42 Å². The zero-order valence-electron chi connectivity index (χ0n) is 13.5. The van der Waals surface area contributed by atoms with Gasteiger partial charge in [-0.3, -0.25) is 0 Å². The molecule has 1 N–H and O–H groups in total. The highest BCUT2D eigenvalue weighted by atomic mass is 32.2. The SMILES string of the molecule is Cc1occc1CNS(=O)(=O)CC1CCC2(CCOCC2)CO1. The molecule has 0 saturated carbocycles. The Hall–Kier alpha value is -0.890. The zero-order chi connectivity index (χ0) is 16.3. The summed E-state index contributed by atoms with van der Waals surface area (Å²) in [5.74, 6) is 0.763. The van der Waals surface area contributed by atoms with Crippen LogP contribution in [0.5, 0.6) is 0 Å². The van der Waals surface area contributed by atoms with Gasteiger partial charge in [-0.05, 0) is 44.1 Å². The molecular formula is C16H25NO5S. The molecule has 7 heteroatoms. The quantitative estimate of drug-likeness (QED) is 0.884. The number of sulfonamides is 1. The fourth-order valence-electron chi connectivity index (χ4n) is 3.33. The van der Waals surface area contributed by atoms with Crippen LogP contribution in [0.15, 0.2) is 16.7 Å². The molecule has 1 spiro atoms. The van der Waals surface area contributed by atoms with Crippen molar-refractivity contribution in [1.82, 2.24) is 4.72 Å². The first kappa shape index (κ1) is 17.0. The minimum absolute atomic E-state index is 0.0243. The zero-order valence-corrected chi connectivity index (χ0v) is 14.4. The van der Waals surface area contributed by atoms with Crippen molar-refractivity contribution >= 4 is 10.0 Å². The second-order valence-corrected chi connectivity index (χ2v) is 8.54. The van der Waals surface area contributed by atoms with Gasteiger partial charge in [-0.15, -0.1) is 0 Å². The molecule has 130 valence electrons. The normalized spacial score (nSPS) is 24.8. The van der Waals surface area contributed by atoms with E-state index in [1.165, 1.54) is 0 Å². The van der Waals surface area contributed by atoms with Crippen LogP contribution in [-0.2, 0) is 26.0 Å². The van der Waals surface area contributed by atoms with Crippen molar-refractivity contribution in [3.63, 3.8) is 0 Å². The maximum absolute atomic E-state index is 12.2. The first-order chi connectivity index (χ1) is 11.0. The van der Waals surface area contributed by atoms with Crippen LogP contribution in [0.25, 0.3) is 0 Å². The molecule has 3 heterocycles. The van der Waals surface area contributed by atoms with E-state index >= 15 is 0 Å². The lowest BCUT2D eigenvalue weighted by Gasteiger charge is -2.42. The number of ether oxygens (including phenoxy) is 2. The molecule has 6 nitrogen and oxygen atoms in total. The Morgan fingerprint density at radius 2 is 2.09 bits per heavy atom. The van der Waals surface area contributed by atoms with Gasteiger partial charge in [0.05, 0.1) is 24.7 Å². The highest BCUT2D eigenvalue weighted by Gasteiger charge is 2.38. The summed E-state index contributed by atoms with van der Waals surface area (Å²) in [6.45, 7) is 4.31. The molecule has 1 atom stereocenters. The Balaban J connectivity index is 1.48. The molecule has 23 heavy (non-hydrogen) atoms. The van der Waals surface area contributed by atoms with Crippen molar-refractivity contribution < 1.29 is 22.3 Å². The van der Waals surface area contributed by atoms with Gasteiger partial charge in [-0.25, -0.2) is 13.1 Å². The molecule has 1 aromatic heterocycles. The van der Waals surface area contributed by atoms with Crippen LogP contribution in [0, 0.1) is 12.3 Å². The van der Waals surface area contributed by atoms with Crippen molar-refractivity contribution in [2.24, 2.45) is 5.41 Å². The van der Waals surface area contributed by atoms with Crippen LogP contribution in [0.1, 0.15) is 37.0 Å². The third-order valence-corrected chi connectivity index (χ3v) is 6.42. The average molecular weight is 343 g/mol. The first-order valence-electron chi connectivity index (χ1n) is 8.18. The predicted octanol–water partition coefficient (Wildman–Crippen LogP) is 1.98. The molecule has 0 amide bonds. The molecule has 0 aromatic carbocycles. The van der Waals surface area contributed by atoms with E-state index in [1.807, 2.05) is 6.92 Å². The van der Waals surface area contributed by atoms with Crippen LogP contribution < -0.4 is 4.72 Å². The van der Waals surface area contributed by atoms with Gasteiger partial charge in [0.2, 0.25) is 10.0 Å². The van der Waals surface area contributed by atoms with E-state index in [-0.39, 0.29) is 23.8 Å². The Morgan fingerprint density at radius 1 is 1.30 bits per heavy atom. The van der Waals surface area contributed by atoms with Gasteiger partial charge in [-0.2, -0.15) is 0 Å². The number of hydrogen-bond acceptors (Lipinski definition) is 5. The summed E-state index contributed by atoms with van der Waals surface area (Å²) in [5.41, 5.74) is 1.07. The monoisotopic (exact) mass is 343 g/mol. The summed E-state index contributed by atoms with van der Waals surface area (Å²) < 4.78 is 43.6. The van der Waals surface area contributed by atoms with Gasteiger partial charge in [-0.1, -0.05) is 0 Å². The molecule has 2 aliphatic heterocycles. The van der Waals surface area contributed by atoms with Crippen LogP contribution in [-0.4, -0.2) is 40.1 Å². The third-order valence-electron chi connectivity index (χ3n) is 5.03. The van der Waals surface area contributed by atoms with Crippen LogP contribution in [0.3, 0.4) is 0 Å². The topological polar surface area (TPSA) is 77.8 Å². The Bertz CT molecular complexity index is 608. The molecule has 2 aliphatic rings. The summed E-state index contributed by atoms with van der Waals surface area (Å²) >= 11 is 0. The van der Waals surface area contributed by atoms with Gasteiger partial charge in [0.25, 0.3) is 0 Å². The maximum Gasteiger partial charge on any atom is 0.214 e. The van der Waals surface area contributed by atoms with E-state index in [0.29, 0.717) is 6.61 Å². The number of furan rings is 1. The Morgan fingerprint density at radius 3 is 2.70 bits per heavy atom. The lowest BCUT2D eigenvalue weighted by molar-refractivity contribution is -0.0984. The van der Waals surface area contributed by atoms with Crippen molar-refractivity contribution in [1.29, 1.82) is 0 Å². The second-order valence-electron chi connectivity index (χ2n) is 6.69. The highest BCUT2D eigenvalue weighted by Crippen LogP contribution is 2.39. The molecule has 3 rings (SSSR count). The van der Waals surface area contributed by atoms with E-state index in [4.69, 9.17) is 13.9 Å². The summed E-state index contributed by atoms with van der Waals surface area (Å²) in [6, 6.07) is 1.78. The minimum Gasteiger partial charge on any atom is -0.469 e. The van der Waals surface area contributed by atoms with E-state index in [2.05, 4.69) is 4.72 Å². The molecular weight excluding hydrogens is 318 g/mol. The van der Waals surface area contributed by atoms with Crippen molar-refractivity contribution in [3.05, 3.63) is 23.7 Å². The number of hydrogen-bond donors (Lipinski definition) is 1. The highest BCUT2D eigenvalue weighted by molar-refractivity contribution is 7.89. The van der Waals surface area contributed by atoms with E-state index in [1.54, 1.807) is 12.3 Å². The molecule has 1 aromatic rings. The van der Waals surface area contributed by atoms with Crippen molar-refractivity contribution in [3.8, 4) is 0 Å². The molecule has 2 fully saturated rings. The third kappa shape index (κ3) is 4.35. The fourth-order valence-corrected chi connectivity index (χ4v) is 4.58. The smallest absolute Gasteiger partial charge is 0.214 e. The minimum atomic E-state index is -3.36. The lowest BCUT2D eigenvalue weighted by atomic mass is 9.75. The summed E-state index contributed by atoms with van der Waals surface area (Å²) in [4.78, 5) is 0. The van der Waals surface area contributed by atoms with Gasteiger partial charge in [0.15, 0.2) is 0 Å². The van der Waals surface area contributed by atoms with Gasteiger partial charge in [0.1, 0.15) is 5.76 Å². The van der Waals surface area contributed by atoms with Gasteiger partial charge in [0, 0.05) is 25.3 Å². The standard InChI is InChI=1S/C16H25NO5S/c1-13-14(3-7-21-13)10-17-23(18,19)11-15-2-4-16(12-22-15)5-8-20-9-6-16/h3,7,15,17H,2,4-6,8-12H2,1H3. The largest absolute Gasteiger partial charge is 0.469 e. The van der Waals surface area contributed by atoms with Crippen molar-refractivity contribution in [2.75, 3.05) is 25.6 Å². The van der Waals surface area contributed by atoms with Crippen LogP contribution >= 0.6 is 0 Å². The Kier molecular flexibility index (Phi) is 5.10. The number of nitrogens with one attached hydrogen (secondary N) is 1. The van der Waals surface area contributed by atoms with Crippen molar-refractivity contribution in [2.45, 2.75) is 45.3 Å². The fraction of sp³-hybridized carbons (Fsp3) is 0.750. The van der Waals surface area contributed by atoms with E-state index in [0.717, 1.165) is 50.2 Å². The average Bonchev–Trinajstić information content (AvgIpc) is 2.94. The molecule has 0 radical (unpaired) electrons. The molecule has 1 unspecified atom stereocenters. The molecule has 2 saturated heterocycles. The molecule has 0 bridgehead atoms. The second kappa shape index (κ2) is 6.93. The Labute approximate surface area is 137 Å². The number of rotatable bonds is 5. The van der Waals surface area contributed by atoms with Gasteiger partial charge >= 0.3 is 0 Å². The summed E-state index contributed by atoms with van der Waals surface area (Å²) in [5, 5.41) is 0. The first-order valence-corrected chi connectivity index (χ1v) is 9.83. The van der Waals surface area contributed by atoms with Crippen LogP contribution in [0.2, 0.25) is 0 Å². The summed E-state index contributed by atoms with van der Waals surface area (Å²) in [6.07, 6.45) is 5.21. The van der Waals surface area contributed by atoms with E-state index < -0.39 is 10.0 Å². The van der Waals surface area contributed by atoms with Gasteiger partial charge < -0.3 is 13.9 Å². The molecule has 0 aliphatic carbocycles. The number of aryl methyl sites for hydroxylation is 1. The lowest BCUT2D eigenvalue weighted by Crippen LogP contribution is -2.43.